The monoisotopic (exact) mass is 1250 g/mol. The molecule has 8 aromatic rings. The molecule has 1 radical (unpaired) electrons. The number of hydrogen-bond acceptors (Lipinski definition) is 12. The summed E-state index contributed by atoms with van der Waals surface area (Å²) in [6.07, 6.45) is 10.7. The Hall–Kier alpha value is -9.11. The van der Waals surface area contributed by atoms with E-state index in [-0.39, 0.29) is 79.7 Å². The molecule has 2 atom stereocenters. The van der Waals surface area contributed by atoms with Crippen LogP contribution in [0.2, 0.25) is 0 Å². The Morgan fingerprint density at radius 2 is 1.16 bits per heavy atom. The fourth-order valence-corrected chi connectivity index (χ4v) is 11.8. The van der Waals surface area contributed by atoms with Crippen molar-refractivity contribution in [3.63, 3.8) is 0 Å². The molecule has 2 unspecified atom stereocenters. The molecule has 13 nitrogen and oxygen atoms in total. The van der Waals surface area contributed by atoms with E-state index in [9.17, 15) is 25.2 Å². The van der Waals surface area contributed by atoms with Crippen LogP contribution in [0.3, 0.4) is 0 Å². The molecule has 12 rings (SSSR count). The van der Waals surface area contributed by atoms with Crippen LogP contribution < -0.4 is 25.6 Å². The summed E-state index contributed by atoms with van der Waals surface area (Å²) in [6.45, 7) is 28.2. The molecule has 8 aromatic carbocycles. The number of azo groups is 2. The molecule has 465 valence electrons. The minimum atomic E-state index is -0.277. The van der Waals surface area contributed by atoms with Crippen molar-refractivity contribution in [1.82, 2.24) is 5.32 Å². The number of rotatable bonds is 9. The first-order chi connectivity index (χ1) is 42.2. The number of carbonyl (C=O) groups excluding carboxylic acids is 1. The first-order valence-electron chi connectivity index (χ1n) is 30.5. The van der Waals surface area contributed by atoms with E-state index in [0.29, 0.717) is 34.9 Å². The van der Waals surface area contributed by atoms with E-state index in [4.69, 9.17) is 9.47 Å². The van der Waals surface area contributed by atoms with Gasteiger partial charge in [0.05, 0.1) is 23.8 Å². The smallest absolute Gasteiger partial charge is 0.338 e. The van der Waals surface area contributed by atoms with Gasteiger partial charge in [-0.25, -0.2) is 9.79 Å². The van der Waals surface area contributed by atoms with Crippen LogP contribution in [0.15, 0.2) is 207 Å². The summed E-state index contributed by atoms with van der Waals surface area (Å²) in [5, 5.41) is 66.4. The third kappa shape index (κ3) is 14.3. The van der Waals surface area contributed by atoms with Crippen LogP contribution in [-0.4, -0.2) is 50.2 Å². The topological polar surface area (TPSA) is 192 Å². The summed E-state index contributed by atoms with van der Waals surface area (Å²) in [5.41, 5.74) is 11.8. The zero-order valence-electron chi connectivity index (χ0n) is 53.6. The quantitative estimate of drug-likeness (QED) is 0.0467. The predicted molar refractivity (Wildman–Crippen MR) is 356 cm³/mol. The third-order valence-corrected chi connectivity index (χ3v) is 16.4. The molecular formula is C76H81CoN6O7+. The summed E-state index contributed by atoms with van der Waals surface area (Å²) in [7, 11) is 0. The first kappa shape index (κ1) is 65.3. The molecule has 0 fully saturated rings. The Morgan fingerprint density at radius 1 is 0.622 bits per heavy atom. The predicted octanol–water partition coefficient (Wildman–Crippen LogP) is 16.2. The van der Waals surface area contributed by atoms with Crippen LogP contribution in [0.5, 0.6) is 28.7 Å². The van der Waals surface area contributed by atoms with Crippen molar-refractivity contribution in [1.29, 1.82) is 0 Å². The molecule has 6 N–H and O–H groups in total. The number of esters is 1. The first-order valence-corrected chi connectivity index (χ1v) is 30.5. The molecule has 1 aliphatic carbocycles. The molecule has 0 aromatic heterocycles. The minimum Gasteiger partial charge on any atom is -0.506 e. The van der Waals surface area contributed by atoms with Gasteiger partial charge in [0.25, 0.3) is 0 Å². The van der Waals surface area contributed by atoms with Gasteiger partial charge in [0.2, 0.25) is 5.36 Å². The second kappa shape index (κ2) is 26.1. The van der Waals surface area contributed by atoms with Crippen molar-refractivity contribution in [3.8, 4) is 28.7 Å². The zero-order chi connectivity index (χ0) is 63.7. The summed E-state index contributed by atoms with van der Waals surface area (Å²) in [6, 6.07) is 45.1. The van der Waals surface area contributed by atoms with E-state index < -0.39 is 0 Å². The van der Waals surface area contributed by atoms with Gasteiger partial charge in [0.1, 0.15) is 57.6 Å². The molecule has 4 aliphatic rings. The van der Waals surface area contributed by atoms with E-state index in [1.54, 1.807) is 24.3 Å². The van der Waals surface area contributed by atoms with Gasteiger partial charge in [0.15, 0.2) is 5.54 Å². The Balaban J connectivity index is 0.000000169. The average molecular weight is 1250 g/mol. The summed E-state index contributed by atoms with van der Waals surface area (Å²) < 4.78 is 12.5. The van der Waals surface area contributed by atoms with Gasteiger partial charge in [0, 0.05) is 63.8 Å². The van der Waals surface area contributed by atoms with E-state index in [0.717, 1.165) is 84.2 Å². The number of ether oxygens (including phenoxy) is 2. The van der Waals surface area contributed by atoms with Gasteiger partial charge in [-0.2, -0.15) is 0 Å². The van der Waals surface area contributed by atoms with Gasteiger partial charge in [-0.1, -0.05) is 158 Å². The number of nitrogens with one attached hydrogen (secondary N) is 2. The number of phenolic OH excluding ortho intramolecular Hbond substituents is 4. The molecule has 0 saturated carbocycles. The van der Waals surface area contributed by atoms with Crippen molar-refractivity contribution in [2.45, 2.75) is 131 Å². The Morgan fingerprint density at radius 3 is 1.71 bits per heavy atom. The number of hydrogen-bond donors (Lipinski definition) is 6. The molecule has 3 aliphatic heterocycles. The van der Waals surface area contributed by atoms with Crippen molar-refractivity contribution in [3.05, 3.63) is 225 Å². The maximum absolute atomic E-state index is 13.4. The number of unbranched alkanes of at least 4 members (excludes halogenated alkanes) is 1. The average Bonchev–Trinajstić information content (AvgIpc) is 0.736. The SMILES string of the molecule is CC(C)(C)c1ccc(O)c(N=Nc2c(O)ccc3ccccc23)c1.CC(C)(C)c1ccc(O)c(N=Nc2c(O)ccc3ccccc23)c1.CCCCOC(=O)c1ccccc1C1=c2cc3c(cc2OC2C=C4NC(C)(C)C=C(C)C4=CC12)=[NH+]C(C)(C)C=C3C.[Co]. The summed E-state index contributed by atoms with van der Waals surface area (Å²) >= 11 is 0. The van der Waals surface area contributed by atoms with Gasteiger partial charge in [-0.15, -0.1) is 20.5 Å². The maximum atomic E-state index is 13.4. The molecular weight excluding hydrogens is 1170 g/mol. The number of allylic oxidation sites excluding steroid dienone is 2. The molecule has 14 heteroatoms. The largest absolute Gasteiger partial charge is 0.506 e. The molecule has 3 heterocycles. The van der Waals surface area contributed by atoms with Crippen LogP contribution in [0, 0.1) is 5.92 Å². The normalized spacial score (nSPS) is 16.9. The number of fused-ring (bicyclic) bond motifs is 6. The molecule has 0 spiro atoms. The number of carbonyl (C=O) groups is 1. The third-order valence-electron chi connectivity index (χ3n) is 16.4. The number of aromatic hydroxyl groups is 4. The van der Waals surface area contributed by atoms with Crippen LogP contribution in [0.4, 0.5) is 22.7 Å². The van der Waals surface area contributed by atoms with Crippen LogP contribution in [-0.2, 0) is 32.3 Å². The van der Waals surface area contributed by atoms with Crippen molar-refractivity contribution < 1.29 is 56.5 Å². The standard InChI is InChI=1S/C36H40N2O3.2C20H20N2O2.Co/c1-8-9-14-40-34(39)24-13-11-10-12-23(24)33-27-15-25-21(2)19-35(4,5)37-29(25)17-31(27)41-32-18-30-26(16-28(32)33)22(3)20-36(6,7)38-30;2*1-20(2,3)14-9-11-17(23)16(12-14)21-22-19-15-7-5-4-6-13(15)8-10-18(19)24;/h10-13,15-20,27,31,37H,8-9,14H2,1-7H3;2*4-12,23-24H,1-3H3;/p+1. The number of nitrogens with zero attached hydrogens (tertiary/aromatic N) is 4. The van der Waals surface area contributed by atoms with Crippen LogP contribution >= 0.6 is 0 Å². The van der Waals surface area contributed by atoms with Crippen LogP contribution in [0.25, 0.3) is 32.7 Å². The van der Waals surface area contributed by atoms with Gasteiger partial charge in [-0.3, -0.25) is 0 Å². The molecule has 0 amide bonds. The minimum absolute atomic E-state index is 0. The van der Waals surface area contributed by atoms with Crippen molar-refractivity contribution >= 4 is 61.4 Å². The van der Waals surface area contributed by atoms with E-state index >= 15 is 0 Å². The fraction of sp³-hybridized carbons (Fsp3) is 0.289. The van der Waals surface area contributed by atoms with E-state index in [2.05, 4.69) is 163 Å². The van der Waals surface area contributed by atoms with Crippen molar-refractivity contribution in [2.24, 2.45) is 26.4 Å². The fourth-order valence-electron chi connectivity index (χ4n) is 11.8. The maximum Gasteiger partial charge on any atom is 0.338 e. The summed E-state index contributed by atoms with van der Waals surface area (Å²) in [5.74, 6) is 0.710. The summed E-state index contributed by atoms with van der Waals surface area (Å²) in [4.78, 5) is 17.1. The second-order valence-electron chi connectivity index (χ2n) is 26.6. The van der Waals surface area contributed by atoms with Gasteiger partial charge >= 0.3 is 5.97 Å². The zero-order valence-corrected chi connectivity index (χ0v) is 54.6. The number of phenols is 4. The van der Waals surface area contributed by atoms with E-state index in [1.165, 1.54) is 16.7 Å². The van der Waals surface area contributed by atoms with Gasteiger partial charge in [-0.05, 0) is 155 Å². The van der Waals surface area contributed by atoms with Gasteiger partial charge < -0.3 is 35.2 Å². The second-order valence-corrected chi connectivity index (χ2v) is 26.6. The Bertz CT molecular complexity index is 4270. The molecule has 0 bridgehead atoms. The Kier molecular flexibility index (Phi) is 19.0. The molecule has 90 heavy (non-hydrogen) atoms. The Labute approximate surface area is 538 Å². The van der Waals surface area contributed by atoms with Crippen LogP contribution in [0.1, 0.15) is 135 Å². The van der Waals surface area contributed by atoms with Crippen molar-refractivity contribution in [2.75, 3.05) is 6.61 Å². The van der Waals surface area contributed by atoms with E-state index in [1.807, 2.05) is 103 Å². The molecule has 0 saturated heterocycles. The number of benzene rings is 8.